The number of pyridine rings is 2. The number of allylic oxidation sites excluding steroid dienone is 1. The number of halogens is 1. The van der Waals surface area contributed by atoms with E-state index in [1.807, 2.05) is 6.92 Å². The molecule has 4 atom stereocenters. The number of aryl methyl sites for hydroxylation is 1. The first-order valence-corrected chi connectivity index (χ1v) is 30.2. The average Bonchev–Trinajstić information content (AvgIpc) is 1.64. The van der Waals surface area contributed by atoms with Crippen LogP contribution in [0.3, 0.4) is 0 Å². The Balaban J connectivity index is 0.891. The number of benzene rings is 2. The number of fused-ring (bicyclic) bond motifs is 5. The second-order valence-electron chi connectivity index (χ2n) is 22.1. The number of esters is 1. The summed E-state index contributed by atoms with van der Waals surface area (Å²) < 4.78 is 56.8. The number of aliphatic hydroxyl groups is 1. The second-order valence-corrected chi connectivity index (χ2v) is 24.0. The maximum atomic E-state index is 15.6. The molecule has 0 bridgehead atoms. The maximum absolute atomic E-state index is 15.6. The van der Waals surface area contributed by atoms with Crippen molar-refractivity contribution < 1.29 is 65.7 Å². The number of nitrogens with zero attached hydrogens (tertiary/aromatic N) is 4. The molecule has 5 heterocycles. The number of hydrogen-bond acceptors (Lipinski definition) is 17. The quantitative estimate of drug-likeness (QED) is 0.0125. The van der Waals surface area contributed by atoms with Crippen LogP contribution in [0.2, 0.25) is 0 Å². The molecule has 3 aromatic heterocycles. The number of aromatic nitrogens is 4. The number of unbranched alkanes of at least 4 members (excludes halogenated alkanes) is 1. The maximum Gasteiger partial charge on any atom is 0.407 e. The Kier molecular flexibility index (Phi) is 19.9. The Morgan fingerprint density at radius 1 is 0.954 bits per heavy atom. The summed E-state index contributed by atoms with van der Waals surface area (Å²) in [7, 11) is -2.14. The molecule has 1 aliphatic carbocycles. The van der Waals surface area contributed by atoms with Gasteiger partial charge in [0.2, 0.25) is 38.6 Å². The Morgan fingerprint density at radius 3 is 2.34 bits per heavy atom. The summed E-state index contributed by atoms with van der Waals surface area (Å²) >= 11 is 0. The van der Waals surface area contributed by atoms with Gasteiger partial charge in [-0.05, 0) is 91.3 Å². The number of amides is 6. The van der Waals surface area contributed by atoms with Gasteiger partial charge in [0.25, 0.3) is 5.56 Å². The number of alkyl carbamates (subject to hydrolysis) is 2. The Hall–Kier alpha value is -9.09. The SMILES string of the molecule is C=C(C)CC(CNC(=O)[C@@H](NC(=O)CNC(=O)CNC(=O)CCCC#Cc1cnc(S(C)(=O)=O)nc1)C(C)C)c1ccc(COC(=O)N[C@H]2CCc3c(C)c(F)cc4nc5c(c2c34)Cn2c-5cc3c(c2=O)COC(=O)[C@]3(O)CC)c(COC(=O)NC)c1. The molecule has 24 nitrogen and oxygen atoms in total. The fourth-order valence-electron chi connectivity index (χ4n) is 10.8. The van der Waals surface area contributed by atoms with E-state index in [2.05, 4.69) is 60.3 Å². The van der Waals surface area contributed by atoms with Crippen molar-refractivity contribution in [3.63, 3.8) is 0 Å². The topological polar surface area (TPSA) is 334 Å². The summed E-state index contributed by atoms with van der Waals surface area (Å²) in [5.41, 5.74) is 3.93. The van der Waals surface area contributed by atoms with Gasteiger partial charge in [-0.25, -0.2) is 42.1 Å². The molecule has 460 valence electrons. The lowest BCUT2D eigenvalue weighted by molar-refractivity contribution is -0.172. The second kappa shape index (κ2) is 27.1. The zero-order valence-corrected chi connectivity index (χ0v) is 50.1. The number of ether oxygens (including phenoxy) is 3. The van der Waals surface area contributed by atoms with Crippen molar-refractivity contribution in [2.75, 3.05) is 32.9 Å². The molecule has 26 heteroatoms. The number of cyclic esters (lactones) is 1. The third kappa shape index (κ3) is 14.6. The molecule has 1 unspecified atom stereocenters. The molecule has 2 aromatic carbocycles. The molecule has 0 radical (unpaired) electrons. The van der Waals surface area contributed by atoms with Crippen LogP contribution < -0.4 is 37.5 Å². The summed E-state index contributed by atoms with van der Waals surface area (Å²) in [6.07, 6.45) is 3.86. The van der Waals surface area contributed by atoms with Crippen LogP contribution in [-0.4, -0.2) is 114 Å². The lowest BCUT2D eigenvalue weighted by Crippen LogP contribution is -2.52. The summed E-state index contributed by atoms with van der Waals surface area (Å²) in [4.78, 5) is 118. The van der Waals surface area contributed by atoms with Crippen LogP contribution in [0, 0.1) is 30.5 Å². The molecule has 0 saturated carbocycles. The van der Waals surface area contributed by atoms with Crippen molar-refractivity contribution >= 4 is 62.5 Å². The van der Waals surface area contributed by atoms with Crippen molar-refractivity contribution in [3.8, 4) is 23.2 Å². The van der Waals surface area contributed by atoms with Crippen LogP contribution in [0.4, 0.5) is 14.0 Å². The summed E-state index contributed by atoms with van der Waals surface area (Å²) in [6, 6.07) is 6.48. The van der Waals surface area contributed by atoms with E-state index >= 15 is 4.39 Å². The van der Waals surface area contributed by atoms with Gasteiger partial charge in [-0.1, -0.05) is 56.4 Å². The van der Waals surface area contributed by atoms with Crippen LogP contribution in [0.1, 0.15) is 134 Å². The molecule has 8 rings (SSSR count). The minimum Gasteiger partial charge on any atom is -0.458 e. The smallest absolute Gasteiger partial charge is 0.407 e. The molecule has 5 aromatic rings. The zero-order chi connectivity index (χ0) is 63.1. The first kappa shape index (κ1) is 63.9. The predicted molar refractivity (Wildman–Crippen MR) is 313 cm³/mol. The Labute approximate surface area is 501 Å². The normalized spacial score (nSPS) is 16.1. The minimum absolute atomic E-state index is 0.0341. The van der Waals surface area contributed by atoms with Crippen LogP contribution in [0.25, 0.3) is 22.3 Å². The fraction of sp³-hybridized carbons (Fsp3) is 0.426. The third-order valence-corrected chi connectivity index (χ3v) is 16.3. The van der Waals surface area contributed by atoms with Crippen LogP contribution in [-0.2, 0) is 86.4 Å². The summed E-state index contributed by atoms with van der Waals surface area (Å²) in [6.45, 7) is 11.1. The number of nitrogens with one attached hydrogen (secondary N) is 6. The zero-order valence-electron chi connectivity index (χ0n) is 49.3. The molecule has 0 saturated heterocycles. The molecular weight excluding hydrogens is 1150 g/mol. The largest absolute Gasteiger partial charge is 0.458 e. The van der Waals surface area contributed by atoms with Crippen molar-refractivity contribution in [2.24, 2.45) is 5.92 Å². The lowest BCUT2D eigenvalue weighted by Gasteiger charge is -2.31. The van der Waals surface area contributed by atoms with Crippen LogP contribution >= 0.6 is 0 Å². The summed E-state index contributed by atoms with van der Waals surface area (Å²) in [5.74, 6) is 1.33. The first-order valence-electron chi connectivity index (χ1n) is 28.3. The predicted octanol–water partition coefficient (Wildman–Crippen LogP) is 4.25. The standard InChI is InChI=1S/C61H69FN10O14S/c1-9-61(81)43-21-47-54-41(28-72(47)56(77)42(43)31-84-57(61)78)52-45(18-17-40-34(6)44(62)22-46(69-54)51(40)52)70-60(80)86-29-37-16-15-36(20-39(37)30-85-59(79)63-7)38(19-32(2)3)25-66-55(76)53(33(4)5)71-50(75)27-65-49(74)26-64-48(73)14-12-10-11-13-35-23-67-58(68-24-35)87(8,82)83/h15-16,20-24,33,38,45,53,81H,2,9-10,12,14,17-19,25-31H2,1,3-8H3,(H,63,79)(H,64,73)(H,65,74)(H,66,76)(H,70,80)(H,71,75)/t38?,45-,53-,61-/m0/s1. The van der Waals surface area contributed by atoms with Crippen molar-refractivity contribution in [2.45, 2.75) is 135 Å². The highest BCUT2D eigenvalue weighted by Crippen LogP contribution is 2.46. The average molecular weight is 1220 g/mol. The van der Waals surface area contributed by atoms with Gasteiger partial charge in [0.05, 0.1) is 53.7 Å². The first-order chi connectivity index (χ1) is 41.3. The Bertz CT molecular complexity index is 3860. The van der Waals surface area contributed by atoms with Crippen molar-refractivity contribution in [3.05, 3.63) is 127 Å². The van der Waals surface area contributed by atoms with E-state index in [0.29, 0.717) is 98.9 Å². The van der Waals surface area contributed by atoms with Crippen LogP contribution in [0.15, 0.2) is 64.8 Å². The van der Waals surface area contributed by atoms with E-state index in [-0.39, 0.29) is 73.9 Å². The number of sulfone groups is 1. The highest BCUT2D eigenvalue weighted by atomic mass is 32.2. The molecule has 3 aliphatic rings. The van der Waals surface area contributed by atoms with E-state index in [1.165, 1.54) is 30.1 Å². The monoisotopic (exact) mass is 1220 g/mol. The number of rotatable bonds is 22. The van der Waals surface area contributed by atoms with Crippen molar-refractivity contribution in [1.29, 1.82) is 0 Å². The van der Waals surface area contributed by atoms with Gasteiger partial charge in [-0.3, -0.25) is 24.0 Å². The molecule has 2 aliphatic heterocycles. The highest BCUT2D eigenvalue weighted by Gasteiger charge is 2.46. The van der Waals surface area contributed by atoms with Gasteiger partial charge < -0.3 is 55.8 Å². The van der Waals surface area contributed by atoms with Crippen molar-refractivity contribution in [1.82, 2.24) is 51.4 Å². The molecular formula is C61H69FN10O14S. The van der Waals surface area contributed by atoms with E-state index in [1.54, 1.807) is 52.0 Å². The summed E-state index contributed by atoms with van der Waals surface area (Å²) in [5, 5.41) is 27.8. The third-order valence-electron chi connectivity index (χ3n) is 15.5. The fourth-order valence-corrected chi connectivity index (χ4v) is 11.3. The molecule has 87 heavy (non-hydrogen) atoms. The van der Waals surface area contributed by atoms with Crippen LogP contribution in [0.5, 0.6) is 0 Å². The number of carbonyl (C=O) groups excluding carboxylic acids is 7. The van der Waals surface area contributed by atoms with Gasteiger partial charge in [0.1, 0.15) is 31.7 Å². The molecule has 0 spiro atoms. The van der Waals surface area contributed by atoms with Gasteiger partial charge >= 0.3 is 18.2 Å². The van der Waals surface area contributed by atoms with E-state index in [4.69, 9.17) is 19.2 Å². The highest BCUT2D eigenvalue weighted by molar-refractivity contribution is 7.90. The number of hydrogen-bond donors (Lipinski definition) is 7. The molecule has 0 fully saturated rings. The van der Waals surface area contributed by atoms with Gasteiger partial charge in [-0.2, -0.15) is 0 Å². The lowest BCUT2D eigenvalue weighted by atomic mass is 9.81. The Morgan fingerprint density at radius 2 is 1.66 bits per heavy atom. The van der Waals surface area contributed by atoms with Gasteiger partial charge in [-0.15, -0.1) is 6.58 Å². The van der Waals surface area contributed by atoms with E-state index in [0.717, 1.165) is 11.8 Å². The van der Waals surface area contributed by atoms with E-state index in [9.17, 15) is 51.9 Å². The van der Waals surface area contributed by atoms with Gasteiger partial charge in [0, 0.05) is 73.6 Å². The molecule has 6 amide bonds. The number of carbonyl (C=O) groups is 7. The van der Waals surface area contributed by atoms with E-state index < -0.39 is 93.8 Å². The minimum atomic E-state index is -3.54. The molecule has 7 N–H and O–H groups in total. The van der Waals surface area contributed by atoms with Gasteiger partial charge in [0.15, 0.2) is 5.60 Å².